The summed E-state index contributed by atoms with van der Waals surface area (Å²) >= 11 is 0. The first-order chi connectivity index (χ1) is 13.0. The third-order valence-electron chi connectivity index (χ3n) is 4.13. The highest BCUT2D eigenvalue weighted by Crippen LogP contribution is 2.24. The SMILES string of the molecule is CCCc1cc(=O)oc2cc(O[C@H](C)C(=O)Nc3ccccc3F)ccc12. The van der Waals surface area contributed by atoms with Crippen molar-refractivity contribution in [2.45, 2.75) is 32.8 Å². The van der Waals surface area contributed by atoms with Gasteiger partial charge in [-0.25, -0.2) is 9.18 Å². The number of nitrogens with one attached hydrogen (secondary N) is 1. The summed E-state index contributed by atoms with van der Waals surface area (Å²) in [5, 5.41) is 3.33. The summed E-state index contributed by atoms with van der Waals surface area (Å²) in [7, 11) is 0. The van der Waals surface area contributed by atoms with Gasteiger partial charge in [-0.3, -0.25) is 4.79 Å². The van der Waals surface area contributed by atoms with E-state index in [-0.39, 0.29) is 5.69 Å². The number of carbonyl (C=O) groups is 1. The lowest BCUT2D eigenvalue weighted by Crippen LogP contribution is -2.30. The second-order valence-corrected chi connectivity index (χ2v) is 6.23. The number of para-hydroxylation sites is 1. The summed E-state index contributed by atoms with van der Waals surface area (Å²) in [4.78, 5) is 24.0. The fourth-order valence-corrected chi connectivity index (χ4v) is 2.81. The molecule has 0 aliphatic rings. The van der Waals surface area contributed by atoms with E-state index in [9.17, 15) is 14.0 Å². The van der Waals surface area contributed by atoms with Gasteiger partial charge in [0.25, 0.3) is 5.91 Å². The van der Waals surface area contributed by atoms with E-state index >= 15 is 0 Å². The van der Waals surface area contributed by atoms with Crippen molar-refractivity contribution < 1.29 is 18.3 Å². The molecule has 1 N–H and O–H groups in total. The highest BCUT2D eigenvalue weighted by Gasteiger charge is 2.17. The maximum Gasteiger partial charge on any atom is 0.336 e. The van der Waals surface area contributed by atoms with Crippen molar-refractivity contribution in [2.24, 2.45) is 0 Å². The topological polar surface area (TPSA) is 68.5 Å². The minimum atomic E-state index is -0.868. The van der Waals surface area contributed by atoms with Gasteiger partial charge < -0.3 is 14.5 Å². The molecule has 0 saturated carbocycles. The molecule has 1 atom stereocenters. The molecule has 0 saturated heterocycles. The molecule has 0 fully saturated rings. The van der Waals surface area contributed by atoms with Crippen molar-refractivity contribution in [1.82, 2.24) is 0 Å². The maximum atomic E-state index is 13.7. The number of aryl methyl sites for hydroxylation is 1. The second-order valence-electron chi connectivity index (χ2n) is 6.23. The first kappa shape index (κ1) is 18.6. The largest absolute Gasteiger partial charge is 0.481 e. The molecule has 2 aromatic carbocycles. The Morgan fingerprint density at radius 3 is 2.74 bits per heavy atom. The van der Waals surface area contributed by atoms with Crippen LogP contribution in [0, 0.1) is 5.82 Å². The molecule has 27 heavy (non-hydrogen) atoms. The van der Waals surface area contributed by atoms with Crippen molar-refractivity contribution in [2.75, 3.05) is 5.32 Å². The van der Waals surface area contributed by atoms with E-state index < -0.39 is 23.5 Å². The van der Waals surface area contributed by atoms with Crippen molar-refractivity contribution >= 4 is 22.6 Å². The minimum Gasteiger partial charge on any atom is -0.481 e. The number of benzene rings is 2. The molecular weight excluding hydrogens is 349 g/mol. The molecule has 0 aliphatic carbocycles. The van der Waals surface area contributed by atoms with Crippen LogP contribution in [0.5, 0.6) is 5.75 Å². The number of carbonyl (C=O) groups excluding carboxylic acids is 1. The highest BCUT2D eigenvalue weighted by molar-refractivity contribution is 5.94. The number of rotatable bonds is 6. The molecule has 0 radical (unpaired) electrons. The van der Waals surface area contributed by atoms with Gasteiger partial charge in [-0.2, -0.15) is 0 Å². The number of halogens is 1. The molecule has 1 aromatic heterocycles. The minimum absolute atomic E-state index is 0.0895. The van der Waals surface area contributed by atoms with Gasteiger partial charge in [-0.1, -0.05) is 25.5 Å². The van der Waals surface area contributed by atoms with Gasteiger partial charge in [0.1, 0.15) is 17.1 Å². The van der Waals surface area contributed by atoms with Crippen molar-refractivity contribution in [1.29, 1.82) is 0 Å². The summed E-state index contributed by atoms with van der Waals surface area (Å²) in [6, 6.07) is 12.5. The molecule has 1 amide bonds. The fraction of sp³-hybridized carbons (Fsp3) is 0.238. The zero-order valence-corrected chi connectivity index (χ0v) is 15.1. The lowest BCUT2D eigenvalue weighted by molar-refractivity contribution is -0.122. The van der Waals surface area contributed by atoms with E-state index in [1.165, 1.54) is 18.2 Å². The van der Waals surface area contributed by atoms with Crippen LogP contribution in [0.25, 0.3) is 11.0 Å². The predicted octanol–water partition coefficient (Wildman–Crippen LogP) is 4.29. The van der Waals surface area contributed by atoms with E-state index in [2.05, 4.69) is 5.32 Å². The van der Waals surface area contributed by atoms with Crippen molar-refractivity contribution in [3.63, 3.8) is 0 Å². The molecule has 3 rings (SSSR count). The molecule has 6 heteroatoms. The lowest BCUT2D eigenvalue weighted by atomic mass is 10.1. The van der Waals surface area contributed by atoms with E-state index in [1.54, 1.807) is 37.3 Å². The van der Waals surface area contributed by atoms with Crippen LogP contribution < -0.4 is 15.7 Å². The van der Waals surface area contributed by atoms with Gasteiger partial charge >= 0.3 is 5.63 Å². The van der Waals surface area contributed by atoms with E-state index in [4.69, 9.17) is 9.15 Å². The third-order valence-corrected chi connectivity index (χ3v) is 4.13. The normalized spacial score (nSPS) is 12.0. The van der Waals surface area contributed by atoms with Crippen LogP contribution in [0.15, 0.2) is 57.7 Å². The molecule has 5 nitrogen and oxygen atoms in total. The zero-order valence-electron chi connectivity index (χ0n) is 15.1. The van der Waals surface area contributed by atoms with Gasteiger partial charge in [0.05, 0.1) is 5.69 Å². The molecule has 1 heterocycles. The van der Waals surface area contributed by atoms with Gasteiger partial charge in [0.2, 0.25) is 0 Å². The van der Waals surface area contributed by atoms with Crippen LogP contribution >= 0.6 is 0 Å². The van der Waals surface area contributed by atoms with E-state index in [0.717, 1.165) is 23.8 Å². The van der Waals surface area contributed by atoms with E-state index in [0.29, 0.717) is 11.3 Å². The Balaban J connectivity index is 1.78. The average molecular weight is 369 g/mol. The van der Waals surface area contributed by atoms with Crippen LogP contribution in [0.2, 0.25) is 0 Å². The number of fused-ring (bicyclic) bond motifs is 1. The summed E-state index contributed by atoms with van der Waals surface area (Å²) < 4.78 is 24.6. The summed E-state index contributed by atoms with van der Waals surface area (Å²) in [6.45, 7) is 3.60. The molecular formula is C21H20FNO4. The molecule has 140 valence electrons. The first-order valence-electron chi connectivity index (χ1n) is 8.76. The Hall–Kier alpha value is -3.15. The molecule has 0 aliphatic heterocycles. The third kappa shape index (κ3) is 4.34. The van der Waals surface area contributed by atoms with Crippen LogP contribution in [0.1, 0.15) is 25.8 Å². The maximum absolute atomic E-state index is 13.7. The molecule has 0 unspecified atom stereocenters. The highest BCUT2D eigenvalue weighted by atomic mass is 19.1. The Kier molecular flexibility index (Phi) is 5.54. The van der Waals surface area contributed by atoms with Gasteiger partial charge in [-0.05, 0) is 43.2 Å². The van der Waals surface area contributed by atoms with Crippen LogP contribution in [0.3, 0.4) is 0 Å². The Bertz CT molecular complexity index is 1030. The lowest BCUT2D eigenvalue weighted by Gasteiger charge is -2.15. The van der Waals surface area contributed by atoms with Gasteiger partial charge in [-0.15, -0.1) is 0 Å². The monoisotopic (exact) mass is 369 g/mol. The second kappa shape index (κ2) is 8.03. The number of anilines is 1. The standard InChI is InChI=1S/C21H20FNO4/c1-3-6-14-11-20(24)27-19-12-15(9-10-16(14)19)26-13(2)21(25)23-18-8-5-4-7-17(18)22/h4-5,7-13H,3,6H2,1-2H3,(H,23,25)/t13-/m1/s1. The van der Waals surface area contributed by atoms with Crippen molar-refractivity contribution in [3.8, 4) is 5.75 Å². The average Bonchev–Trinajstić information content (AvgIpc) is 2.63. The molecule has 0 spiro atoms. The number of hydrogen-bond donors (Lipinski definition) is 1. The quantitative estimate of drug-likeness (QED) is 0.658. The molecule has 3 aromatic rings. The Morgan fingerprint density at radius 2 is 2.00 bits per heavy atom. The van der Waals surface area contributed by atoms with Crippen LogP contribution in [0.4, 0.5) is 10.1 Å². The Morgan fingerprint density at radius 1 is 1.22 bits per heavy atom. The Labute approximate surface area is 155 Å². The number of hydrogen-bond acceptors (Lipinski definition) is 4. The summed E-state index contributed by atoms with van der Waals surface area (Å²) in [5.74, 6) is -0.620. The predicted molar refractivity (Wildman–Crippen MR) is 102 cm³/mol. The zero-order chi connectivity index (χ0) is 19.4. The fourth-order valence-electron chi connectivity index (χ4n) is 2.81. The van der Waals surface area contributed by atoms with Gasteiger partial charge in [0, 0.05) is 17.5 Å². The first-order valence-corrected chi connectivity index (χ1v) is 8.76. The summed E-state index contributed by atoms with van der Waals surface area (Å²) in [5.41, 5.74) is 0.992. The smallest absolute Gasteiger partial charge is 0.336 e. The van der Waals surface area contributed by atoms with Crippen LogP contribution in [-0.4, -0.2) is 12.0 Å². The van der Waals surface area contributed by atoms with Crippen molar-refractivity contribution in [3.05, 3.63) is 70.3 Å². The van der Waals surface area contributed by atoms with E-state index in [1.807, 2.05) is 6.92 Å². The van der Waals surface area contributed by atoms with Gasteiger partial charge in [0.15, 0.2) is 6.10 Å². The number of amides is 1. The number of ether oxygens (including phenoxy) is 1. The molecule has 0 bridgehead atoms. The van der Waals surface area contributed by atoms with Crippen LogP contribution in [-0.2, 0) is 11.2 Å². The summed E-state index contributed by atoms with van der Waals surface area (Å²) in [6.07, 6.45) is 0.806.